The molecule has 6 heteroatoms. The number of benzene rings is 1. The van der Waals surface area contributed by atoms with Crippen LogP contribution in [0, 0.1) is 5.92 Å². The van der Waals surface area contributed by atoms with E-state index in [2.05, 4.69) is 23.5 Å². The van der Waals surface area contributed by atoms with Gasteiger partial charge in [-0.3, -0.25) is 4.79 Å². The highest BCUT2D eigenvalue weighted by molar-refractivity contribution is 5.96. The van der Waals surface area contributed by atoms with E-state index in [1.165, 1.54) is 5.56 Å². The van der Waals surface area contributed by atoms with Gasteiger partial charge in [-0.2, -0.15) is 0 Å². The second-order valence-corrected chi connectivity index (χ2v) is 9.20. The van der Waals surface area contributed by atoms with Crippen LogP contribution in [0.1, 0.15) is 66.9 Å². The van der Waals surface area contributed by atoms with Gasteiger partial charge in [0.1, 0.15) is 5.60 Å². The Bertz CT molecular complexity index is 764. The summed E-state index contributed by atoms with van der Waals surface area (Å²) in [6.45, 7) is 9.00. The molecule has 0 aromatic heterocycles. The molecule has 28 heavy (non-hydrogen) atoms. The number of carbonyl (C=O) groups excluding carboxylic acids is 2. The Balaban J connectivity index is 1.58. The highest BCUT2D eigenvalue weighted by Crippen LogP contribution is 2.38. The predicted octanol–water partition coefficient (Wildman–Crippen LogP) is 3.27. The number of likely N-dealkylation sites (tertiary alicyclic amines) is 1. The number of nitrogens with one attached hydrogen (secondary N) is 1. The van der Waals surface area contributed by atoms with Crippen molar-refractivity contribution >= 4 is 12.0 Å². The van der Waals surface area contributed by atoms with E-state index in [1.807, 2.05) is 20.8 Å². The molecule has 3 heterocycles. The van der Waals surface area contributed by atoms with E-state index in [0.717, 1.165) is 37.2 Å². The van der Waals surface area contributed by atoms with Gasteiger partial charge in [-0.1, -0.05) is 12.1 Å². The molecular weight excluding hydrogens is 356 g/mol. The van der Waals surface area contributed by atoms with Gasteiger partial charge in [0, 0.05) is 50.2 Å². The first-order valence-electron chi connectivity index (χ1n) is 10.3. The zero-order valence-electron chi connectivity index (χ0n) is 17.0. The molecule has 1 aromatic carbocycles. The molecule has 6 nitrogen and oxygen atoms in total. The summed E-state index contributed by atoms with van der Waals surface area (Å²) in [6, 6.07) is 6.35. The Hall–Kier alpha value is -2.08. The van der Waals surface area contributed by atoms with E-state index in [0.29, 0.717) is 25.6 Å². The van der Waals surface area contributed by atoms with Crippen molar-refractivity contribution in [3.05, 3.63) is 34.9 Å². The summed E-state index contributed by atoms with van der Waals surface area (Å²) in [6.07, 6.45) is 1.73. The van der Waals surface area contributed by atoms with Gasteiger partial charge in [-0.05, 0) is 56.7 Å². The number of rotatable bonds is 1. The number of ether oxygens (including phenoxy) is 2. The van der Waals surface area contributed by atoms with Gasteiger partial charge in [-0.15, -0.1) is 0 Å². The van der Waals surface area contributed by atoms with E-state index in [9.17, 15) is 9.59 Å². The van der Waals surface area contributed by atoms with Crippen LogP contribution in [0.3, 0.4) is 0 Å². The largest absolute Gasteiger partial charge is 0.444 e. The van der Waals surface area contributed by atoms with Gasteiger partial charge in [0.15, 0.2) is 0 Å². The normalized spacial score (nSPS) is 25.5. The number of carbonyl (C=O) groups is 2. The van der Waals surface area contributed by atoms with Crippen molar-refractivity contribution in [2.75, 3.05) is 32.8 Å². The van der Waals surface area contributed by atoms with E-state index in [-0.39, 0.29) is 23.8 Å². The lowest BCUT2D eigenvalue weighted by Crippen LogP contribution is -2.36. The molecule has 3 aliphatic rings. The minimum absolute atomic E-state index is 0.00197. The van der Waals surface area contributed by atoms with E-state index in [4.69, 9.17) is 9.47 Å². The van der Waals surface area contributed by atoms with Crippen LogP contribution in [0.15, 0.2) is 18.2 Å². The molecule has 0 radical (unpaired) electrons. The van der Waals surface area contributed by atoms with Gasteiger partial charge >= 0.3 is 6.09 Å². The number of hydrogen-bond donors (Lipinski definition) is 1. The van der Waals surface area contributed by atoms with Crippen LogP contribution in [-0.2, 0) is 9.47 Å². The van der Waals surface area contributed by atoms with Crippen molar-refractivity contribution in [1.29, 1.82) is 0 Å². The third-order valence-corrected chi connectivity index (χ3v) is 6.03. The molecule has 0 bridgehead atoms. The van der Waals surface area contributed by atoms with Gasteiger partial charge in [0.05, 0.1) is 0 Å². The van der Waals surface area contributed by atoms with Crippen molar-refractivity contribution in [1.82, 2.24) is 10.2 Å². The number of nitrogens with zero attached hydrogens (tertiary/aromatic N) is 1. The molecule has 0 spiro atoms. The van der Waals surface area contributed by atoms with Crippen LogP contribution in [0.5, 0.6) is 0 Å². The molecule has 0 aliphatic carbocycles. The molecule has 0 saturated carbocycles. The van der Waals surface area contributed by atoms with E-state index in [1.54, 1.807) is 4.90 Å². The zero-order valence-corrected chi connectivity index (χ0v) is 17.0. The minimum atomic E-state index is -0.507. The zero-order chi connectivity index (χ0) is 19.9. The van der Waals surface area contributed by atoms with E-state index < -0.39 is 5.60 Å². The van der Waals surface area contributed by atoms with Crippen LogP contribution >= 0.6 is 0 Å². The predicted molar refractivity (Wildman–Crippen MR) is 106 cm³/mol. The first-order chi connectivity index (χ1) is 13.3. The second kappa shape index (κ2) is 7.39. The van der Waals surface area contributed by atoms with Crippen molar-refractivity contribution in [3.8, 4) is 0 Å². The van der Waals surface area contributed by atoms with Crippen molar-refractivity contribution < 1.29 is 19.1 Å². The van der Waals surface area contributed by atoms with Crippen molar-refractivity contribution in [2.45, 2.75) is 51.0 Å². The molecule has 2 unspecified atom stereocenters. The average Bonchev–Trinajstić information content (AvgIpc) is 3.04. The fourth-order valence-corrected chi connectivity index (χ4v) is 4.60. The molecule has 152 valence electrons. The molecular formula is C22H30N2O4. The van der Waals surface area contributed by atoms with Crippen LogP contribution < -0.4 is 5.32 Å². The maximum absolute atomic E-state index is 12.7. The highest BCUT2D eigenvalue weighted by atomic mass is 16.6. The third kappa shape index (κ3) is 3.88. The van der Waals surface area contributed by atoms with Crippen LogP contribution in [0.4, 0.5) is 4.79 Å². The van der Waals surface area contributed by atoms with Crippen molar-refractivity contribution in [2.24, 2.45) is 5.92 Å². The third-order valence-electron chi connectivity index (χ3n) is 6.03. The lowest BCUT2D eigenvalue weighted by molar-refractivity contribution is 0.0287. The summed E-state index contributed by atoms with van der Waals surface area (Å²) in [5, 5.41) is 3.07. The molecule has 4 rings (SSSR count). The molecule has 3 aliphatic heterocycles. The van der Waals surface area contributed by atoms with Gasteiger partial charge in [0.25, 0.3) is 5.91 Å². The molecule has 2 fully saturated rings. The molecule has 1 N–H and O–H groups in total. The van der Waals surface area contributed by atoms with Crippen LogP contribution in [-0.4, -0.2) is 55.3 Å². The Labute approximate surface area is 166 Å². The number of fused-ring (bicyclic) bond motifs is 3. The topological polar surface area (TPSA) is 67.9 Å². The van der Waals surface area contributed by atoms with Gasteiger partial charge < -0.3 is 19.7 Å². The molecule has 2 saturated heterocycles. The quantitative estimate of drug-likeness (QED) is 0.804. The monoisotopic (exact) mass is 386 g/mol. The summed E-state index contributed by atoms with van der Waals surface area (Å²) in [4.78, 5) is 27.1. The first kappa shape index (κ1) is 19.2. The number of amides is 2. The first-order valence-corrected chi connectivity index (χ1v) is 10.3. The fraction of sp³-hybridized carbons (Fsp3) is 0.636. The average molecular weight is 386 g/mol. The lowest BCUT2D eigenvalue weighted by Gasteiger charge is -2.25. The summed E-state index contributed by atoms with van der Waals surface area (Å²) < 4.78 is 11.0. The van der Waals surface area contributed by atoms with Gasteiger partial charge in [-0.25, -0.2) is 4.79 Å². The Morgan fingerprint density at radius 2 is 1.96 bits per heavy atom. The summed E-state index contributed by atoms with van der Waals surface area (Å²) in [5.41, 5.74) is 2.54. The Morgan fingerprint density at radius 1 is 1.21 bits per heavy atom. The maximum atomic E-state index is 12.7. The summed E-state index contributed by atoms with van der Waals surface area (Å²) in [5.74, 6) is 0.826. The number of hydrogen-bond acceptors (Lipinski definition) is 4. The molecule has 1 aromatic rings. The smallest absolute Gasteiger partial charge is 0.410 e. The van der Waals surface area contributed by atoms with Crippen molar-refractivity contribution in [3.63, 3.8) is 0 Å². The standard InChI is InChI=1S/C22H30N2O4/c1-22(2,3)28-21(26)24-12-16-11-23-20(25)18-10-15(14-6-8-27-9-7-14)4-5-17(18)19(16)13-24/h4-5,10,14,16,19H,6-9,11-13H2,1-3H3,(H,23,25). The molecule has 2 atom stereocenters. The lowest BCUT2D eigenvalue weighted by atomic mass is 9.84. The Kier molecular flexibility index (Phi) is 5.08. The van der Waals surface area contributed by atoms with Gasteiger partial charge in [0.2, 0.25) is 0 Å². The summed E-state index contributed by atoms with van der Waals surface area (Å²) in [7, 11) is 0. The highest BCUT2D eigenvalue weighted by Gasteiger charge is 2.41. The van der Waals surface area contributed by atoms with Crippen LogP contribution in [0.25, 0.3) is 0 Å². The summed E-state index contributed by atoms with van der Waals surface area (Å²) >= 11 is 0. The fourth-order valence-electron chi connectivity index (χ4n) is 4.60. The maximum Gasteiger partial charge on any atom is 0.410 e. The second-order valence-electron chi connectivity index (χ2n) is 9.20. The SMILES string of the molecule is CC(C)(C)OC(=O)N1CC2CNC(=O)c3cc(C4CCOCC4)ccc3C2C1. The Morgan fingerprint density at radius 3 is 2.68 bits per heavy atom. The molecule has 2 amide bonds. The van der Waals surface area contributed by atoms with E-state index >= 15 is 0 Å². The minimum Gasteiger partial charge on any atom is -0.444 e. The van der Waals surface area contributed by atoms with Crippen LogP contribution in [0.2, 0.25) is 0 Å².